The number of halogens is 3. The zero-order valence-corrected chi connectivity index (χ0v) is 22.7. The van der Waals surface area contributed by atoms with E-state index < -0.39 is 11.7 Å². The predicted octanol–water partition coefficient (Wildman–Crippen LogP) is 6.74. The number of carbonyl (C=O) groups excluding carboxylic acids is 1. The molecule has 2 aromatic rings. The summed E-state index contributed by atoms with van der Waals surface area (Å²) in [6.07, 6.45) is 5.06. The summed E-state index contributed by atoms with van der Waals surface area (Å²) < 4.78 is 55.0. The van der Waals surface area contributed by atoms with Crippen LogP contribution < -0.4 is 14.2 Å². The summed E-state index contributed by atoms with van der Waals surface area (Å²) in [6, 6.07) is 6.50. The third-order valence-electron chi connectivity index (χ3n) is 4.07. The molecular formula is C29H38F3NO5. The molecule has 0 atom stereocenters. The fourth-order valence-electron chi connectivity index (χ4n) is 2.63. The first-order valence-electron chi connectivity index (χ1n) is 11.6. The molecule has 2 rings (SSSR count). The fraction of sp³-hybridized carbons (Fsp3) is 0.379. The molecule has 9 heteroatoms. The smallest absolute Gasteiger partial charge is 0.418 e. The molecular weight excluding hydrogens is 499 g/mol. The molecule has 0 radical (unpaired) electrons. The highest BCUT2D eigenvalue weighted by molar-refractivity contribution is 5.50. The van der Waals surface area contributed by atoms with E-state index in [1.54, 1.807) is 13.0 Å². The van der Waals surface area contributed by atoms with E-state index in [4.69, 9.17) is 19.3 Å². The van der Waals surface area contributed by atoms with Crippen molar-refractivity contribution in [3.8, 4) is 29.7 Å². The van der Waals surface area contributed by atoms with Crippen LogP contribution >= 0.6 is 0 Å². The van der Waals surface area contributed by atoms with Gasteiger partial charge in [0.25, 0.3) is 5.88 Å². The molecule has 0 amide bonds. The number of carbonyl (C=O) groups is 1. The number of aromatic nitrogens is 1. The van der Waals surface area contributed by atoms with Crippen LogP contribution in [-0.2, 0) is 17.4 Å². The molecule has 0 fully saturated rings. The molecule has 0 unspecified atom stereocenters. The molecule has 1 N–H and O–H groups in total. The number of aliphatic hydroxyl groups is 1. The highest BCUT2D eigenvalue weighted by atomic mass is 19.4. The van der Waals surface area contributed by atoms with Gasteiger partial charge in [-0.1, -0.05) is 18.7 Å². The molecule has 0 aliphatic rings. The van der Waals surface area contributed by atoms with Crippen LogP contribution in [0.2, 0.25) is 0 Å². The number of nitrogens with zero attached hydrogens (tertiary/aromatic N) is 1. The number of aldehydes is 1. The fourth-order valence-corrected chi connectivity index (χ4v) is 2.63. The molecule has 1 heterocycles. The van der Waals surface area contributed by atoms with Gasteiger partial charge in [-0.2, -0.15) is 13.2 Å². The Balaban J connectivity index is 0. The van der Waals surface area contributed by atoms with Crippen molar-refractivity contribution in [2.45, 2.75) is 53.1 Å². The average Bonchev–Trinajstić information content (AvgIpc) is 2.85. The Hall–Kier alpha value is -3.77. The number of alkyl halides is 3. The van der Waals surface area contributed by atoms with Crippen LogP contribution in [0.5, 0.6) is 17.4 Å². The van der Waals surface area contributed by atoms with Gasteiger partial charge in [0, 0.05) is 32.2 Å². The number of aliphatic hydroxyl groups excluding tert-OH is 1. The second-order valence-electron chi connectivity index (χ2n) is 7.37. The Bertz CT molecular complexity index is 1010. The van der Waals surface area contributed by atoms with E-state index in [1.165, 1.54) is 6.92 Å². The monoisotopic (exact) mass is 537 g/mol. The number of terminal acetylenes is 1. The van der Waals surface area contributed by atoms with Gasteiger partial charge < -0.3 is 24.1 Å². The van der Waals surface area contributed by atoms with Crippen LogP contribution in [0, 0.1) is 19.3 Å². The highest BCUT2D eigenvalue weighted by Crippen LogP contribution is 2.35. The lowest BCUT2D eigenvalue weighted by Crippen LogP contribution is -2.10. The first kappa shape index (κ1) is 36.4. The second kappa shape index (κ2) is 21.3. The van der Waals surface area contributed by atoms with E-state index in [0.717, 1.165) is 30.6 Å². The van der Waals surface area contributed by atoms with E-state index in [-0.39, 0.29) is 24.0 Å². The molecule has 1 aromatic heterocycles. The number of rotatable bonds is 11. The summed E-state index contributed by atoms with van der Waals surface area (Å²) in [4.78, 5) is 14.2. The quantitative estimate of drug-likeness (QED) is 0.112. The lowest BCUT2D eigenvalue weighted by Gasteiger charge is -2.14. The molecule has 6 nitrogen and oxygen atoms in total. The Labute approximate surface area is 224 Å². The van der Waals surface area contributed by atoms with E-state index in [9.17, 15) is 18.0 Å². The van der Waals surface area contributed by atoms with Crippen molar-refractivity contribution in [2.24, 2.45) is 0 Å². The predicted molar refractivity (Wildman–Crippen MR) is 144 cm³/mol. The van der Waals surface area contributed by atoms with E-state index in [0.29, 0.717) is 37.8 Å². The Morgan fingerprint density at radius 3 is 2.29 bits per heavy atom. The summed E-state index contributed by atoms with van der Waals surface area (Å²) >= 11 is 0. The first-order valence-corrected chi connectivity index (χ1v) is 11.6. The van der Waals surface area contributed by atoms with Gasteiger partial charge in [-0.15, -0.1) is 18.9 Å². The lowest BCUT2D eigenvalue weighted by molar-refractivity contribution is -0.138. The number of hydrogen-bond acceptors (Lipinski definition) is 6. The van der Waals surface area contributed by atoms with Crippen LogP contribution in [0.25, 0.3) is 0 Å². The molecule has 0 aliphatic carbocycles. The van der Waals surface area contributed by atoms with E-state index >= 15 is 0 Å². The topological polar surface area (TPSA) is 77.9 Å². The Kier molecular flexibility index (Phi) is 20.4. The molecule has 0 saturated heterocycles. The lowest BCUT2D eigenvalue weighted by atomic mass is 10.0. The number of ether oxygens (including phenoxy) is 3. The van der Waals surface area contributed by atoms with E-state index in [2.05, 4.69) is 30.5 Å². The van der Waals surface area contributed by atoms with Crippen molar-refractivity contribution in [2.75, 3.05) is 20.3 Å². The summed E-state index contributed by atoms with van der Waals surface area (Å²) in [7, 11) is 1.00. The molecule has 38 heavy (non-hydrogen) atoms. The third-order valence-corrected chi connectivity index (χ3v) is 4.07. The van der Waals surface area contributed by atoms with Gasteiger partial charge in [-0.3, -0.25) is 0 Å². The standard InChI is InChI=1S/C22H24F3NO4.C3H6.C3H4.CH4O/c1-15(2)30-20-13-18(22(23,24)25)14-26-21(20)29-11-5-10-28-19-8-7-17(6-4-9-27)16(3)12-19;2*1-3-2;1-2/h7-9,12-14H,1,4-6,10-11H2,2-3H3;3H,1H2,2H3;1H,2H3;2H,1H3. The molecule has 210 valence electrons. The highest BCUT2D eigenvalue weighted by Gasteiger charge is 2.32. The number of allylic oxidation sites excluding steroid dienone is 2. The molecule has 0 aliphatic heterocycles. The third kappa shape index (κ3) is 16.1. The minimum absolute atomic E-state index is 0.0404. The maximum absolute atomic E-state index is 12.9. The van der Waals surface area contributed by atoms with Gasteiger partial charge in [0.15, 0.2) is 5.75 Å². The zero-order chi connectivity index (χ0) is 29.6. The van der Waals surface area contributed by atoms with Crippen molar-refractivity contribution in [1.29, 1.82) is 0 Å². The second-order valence-corrected chi connectivity index (χ2v) is 7.37. The molecule has 1 aromatic carbocycles. The van der Waals surface area contributed by atoms with Crippen molar-refractivity contribution in [1.82, 2.24) is 4.98 Å². The minimum atomic E-state index is -4.53. The number of hydrogen-bond donors (Lipinski definition) is 1. The number of aryl methyl sites for hydroxylation is 2. The van der Waals surface area contributed by atoms with Crippen LogP contribution in [0.15, 0.2) is 55.5 Å². The minimum Gasteiger partial charge on any atom is -0.493 e. The summed E-state index contributed by atoms with van der Waals surface area (Å²) in [5, 5.41) is 7.00. The van der Waals surface area contributed by atoms with Gasteiger partial charge in [0.05, 0.1) is 24.5 Å². The van der Waals surface area contributed by atoms with Crippen LogP contribution in [0.3, 0.4) is 0 Å². The summed E-state index contributed by atoms with van der Waals surface area (Å²) in [6.45, 7) is 14.4. The maximum Gasteiger partial charge on any atom is 0.418 e. The van der Waals surface area contributed by atoms with Crippen LogP contribution in [0.4, 0.5) is 13.2 Å². The van der Waals surface area contributed by atoms with Crippen LogP contribution in [0.1, 0.15) is 50.3 Å². The number of pyridine rings is 1. The average molecular weight is 538 g/mol. The van der Waals surface area contributed by atoms with Crippen LogP contribution in [-0.4, -0.2) is 36.7 Å². The van der Waals surface area contributed by atoms with Gasteiger partial charge >= 0.3 is 6.18 Å². The normalized spacial score (nSPS) is 9.47. The van der Waals surface area contributed by atoms with Gasteiger partial charge in [-0.05, 0) is 57.4 Å². The first-order chi connectivity index (χ1) is 18.0. The van der Waals surface area contributed by atoms with Crippen molar-refractivity contribution in [3.05, 3.63) is 72.1 Å². The van der Waals surface area contributed by atoms with Crippen molar-refractivity contribution >= 4 is 6.29 Å². The maximum atomic E-state index is 12.9. The van der Waals surface area contributed by atoms with Gasteiger partial charge in [0.2, 0.25) is 0 Å². The summed E-state index contributed by atoms with van der Waals surface area (Å²) in [5.74, 6) is 2.98. The Morgan fingerprint density at radius 2 is 1.79 bits per heavy atom. The van der Waals surface area contributed by atoms with Crippen molar-refractivity contribution in [3.63, 3.8) is 0 Å². The molecule has 0 saturated carbocycles. The SMILES string of the molecule is C#CC.C=C(C)Oc1cc(C(F)(F)F)cnc1OCCCOc1ccc(CCC=O)c(C)c1.C=CC.CO. The summed E-state index contributed by atoms with van der Waals surface area (Å²) in [5.41, 5.74) is 1.21. The molecule has 0 bridgehead atoms. The largest absolute Gasteiger partial charge is 0.493 e. The number of benzene rings is 1. The van der Waals surface area contributed by atoms with Crippen molar-refractivity contribution < 1.29 is 37.3 Å². The molecule has 0 spiro atoms. The van der Waals surface area contributed by atoms with E-state index in [1.807, 2.05) is 32.0 Å². The Morgan fingerprint density at radius 1 is 1.21 bits per heavy atom. The van der Waals surface area contributed by atoms with Gasteiger partial charge in [0.1, 0.15) is 12.0 Å². The zero-order valence-electron chi connectivity index (χ0n) is 22.7. The van der Waals surface area contributed by atoms with Gasteiger partial charge in [-0.25, -0.2) is 4.98 Å².